The molecule has 1 saturated heterocycles. The molecule has 0 saturated carbocycles. The van der Waals surface area contributed by atoms with Crippen LogP contribution in [0, 0.1) is 5.92 Å². The number of hydrogen-bond donors (Lipinski definition) is 3. The number of piperidine rings is 1. The predicted octanol–water partition coefficient (Wildman–Crippen LogP) is 0.0169. The molecule has 0 aromatic carbocycles. The molecule has 0 bridgehead atoms. The van der Waals surface area contributed by atoms with Crippen LogP contribution < -0.4 is 16.0 Å². The lowest BCUT2D eigenvalue weighted by molar-refractivity contribution is -0.131. The lowest BCUT2D eigenvalue weighted by Crippen LogP contribution is -2.49. The summed E-state index contributed by atoms with van der Waals surface area (Å²) < 4.78 is 0. The highest BCUT2D eigenvalue weighted by molar-refractivity contribution is 5.88. The number of nitrogens with one attached hydrogen (secondary N) is 3. The van der Waals surface area contributed by atoms with Crippen LogP contribution in [0.15, 0.2) is 0 Å². The second kappa shape index (κ2) is 7.27. The van der Waals surface area contributed by atoms with Gasteiger partial charge in [-0.05, 0) is 32.7 Å². The third-order valence-electron chi connectivity index (χ3n) is 2.97. The fourth-order valence-corrected chi connectivity index (χ4v) is 1.87. The Kier molecular flexibility index (Phi) is 5.97. The molecule has 2 amide bonds. The van der Waals surface area contributed by atoms with Crippen molar-refractivity contribution >= 4 is 11.8 Å². The van der Waals surface area contributed by atoms with Crippen LogP contribution in [0.25, 0.3) is 0 Å². The maximum atomic E-state index is 11.9. The first-order valence-corrected chi connectivity index (χ1v) is 6.44. The molecule has 1 aliphatic rings. The van der Waals surface area contributed by atoms with Crippen LogP contribution in [0.2, 0.25) is 0 Å². The second-order valence-electron chi connectivity index (χ2n) is 4.56. The van der Waals surface area contributed by atoms with Crippen LogP contribution in [-0.2, 0) is 9.59 Å². The van der Waals surface area contributed by atoms with E-state index < -0.39 is 6.04 Å². The van der Waals surface area contributed by atoms with E-state index in [2.05, 4.69) is 16.0 Å². The van der Waals surface area contributed by atoms with Gasteiger partial charge in [-0.15, -0.1) is 0 Å². The lowest BCUT2D eigenvalue weighted by Gasteiger charge is -2.23. The number of carbonyl (C=O) groups is 2. The Morgan fingerprint density at radius 3 is 2.82 bits per heavy atom. The van der Waals surface area contributed by atoms with Crippen molar-refractivity contribution in [3.05, 3.63) is 0 Å². The topological polar surface area (TPSA) is 70.2 Å². The molecular formula is C12H23N3O2. The van der Waals surface area contributed by atoms with Gasteiger partial charge in [0.25, 0.3) is 0 Å². The molecule has 3 N–H and O–H groups in total. The lowest BCUT2D eigenvalue weighted by atomic mass is 9.98. The highest BCUT2D eigenvalue weighted by atomic mass is 16.2. The Labute approximate surface area is 103 Å². The van der Waals surface area contributed by atoms with E-state index in [4.69, 9.17) is 0 Å². The molecule has 17 heavy (non-hydrogen) atoms. The van der Waals surface area contributed by atoms with E-state index in [0.29, 0.717) is 6.54 Å². The maximum absolute atomic E-state index is 11.9. The molecule has 0 aromatic rings. The van der Waals surface area contributed by atoms with Gasteiger partial charge in [0.2, 0.25) is 11.8 Å². The van der Waals surface area contributed by atoms with Crippen molar-refractivity contribution in [3.8, 4) is 0 Å². The molecular weight excluding hydrogens is 218 g/mol. The first-order chi connectivity index (χ1) is 8.15. The minimum Gasteiger partial charge on any atom is -0.354 e. The Morgan fingerprint density at radius 1 is 1.47 bits per heavy atom. The highest BCUT2D eigenvalue weighted by Crippen LogP contribution is 2.09. The number of rotatable bonds is 5. The second-order valence-corrected chi connectivity index (χ2v) is 4.56. The van der Waals surface area contributed by atoms with Gasteiger partial charge in [-0.25, -0.2) is 0 Å². The largest absolute Gasteiger partial charge is 0.354 e. The summed E-state index contributed by atoms with van der Waals surface area (Å²) in [6, 6.07) is -0.448. The standard InChI is InChI=1S/C12H23N3O2/c1-3-6-14-11(16)9(2)15-12(17)10-5-4-7-13-8-10/h9-10,13H,3-8H2,1-2H3,(H,14,16)(H,15,17)/t9?,10-/m1/s1. The molecule has 0 spiro atoms. The van der Waals surface area contributed by atoms with Gasteiger partial charge in [-0.2, -0.15) is 0 Å². The van der Waals surface area contributed by atoms with Crippen LogP contribution in [0.3, 0.4) is 0 Å². The van der Waals surface area contributed by atoms with Crippen molar-refractivity contribution in [3.63, 3.8) is 0 Å². The smallest absolute Gasteiger partial charge is 0.242 e. The van der Waals surface area contributed by atoms with Crippen molar-refractivity contribution in [1.29, 1.82) is 0 Å². The van der Waals surface area contributed by atoms with Crippen molar-refractivity contribution in [2.24, 2.45) is 5.92 Å². The molecule has 0 radical (unpaired) electrons. The molecule has 1 aliphatic heterocycles. The molecule has 2 atom stereocenters. The molecule has 5 nitrogen and oxygen atoms in total. The van der Waals surface area contributed by atoms with Crippen LogP contribution in [0.4, 0.5) is 0 Å². The number of amides is 2. The molecule has 98 valence electrons. The van der Waals surface area contributed by atoms with Gasteiger partial charge in [0.1, 0.15) is 6.04 Å². The summed E-state index contributed by atoms with van der Waals surface area (Å²) >= 11 is 0. The van der Waals surface area contributed by atoms with Gasteiger partial charge < -0.3 is 16.0 Å². The Bertz CT molecular complexity index is 262. The average Bonchev–Trinajstić information content (AvgIpc) is 2.36. The molecule has 1 rings (SSSR count). The summed E-state index contributed by atoms with van der Waals surface area (Å²) in [7, 11) is 0. The van der Waals surface area contributed by atoms with Crippen molar-refractivity contribution in [2.75, 3.05) is 19.6 Å². The van der Waals surface area contributed by atoms with Crippen molar-refractivity contribution in [1.82, 2.24) is 16.0 Å². The van der Waals surface area contributed by atoms with Gasteiger partial charge in [0.15, 0.2) is 0 Å². The Balaban J connectivity index is 2.31. The maximum Gasteiger partial charge on any atom is 0.242 e. The van der Waals surface area contributed by atoms with E-state index in [0.717, 1.165) is 32.4 Å². The van der Waals surface area contributed by atoms with E-state index in [1.807, 2.05) is 6.92 Å². The first-order valence-electron chi connectivity index (χ1n) is 6.44. The fourth-order valence-electron chi connectivity index (χ4n) is 1.87. The van der Waals surface area contributed by atoms with Crippen molar-refractivity contribution in [2.45, 2.75) is 39.2 Å². The molecule has 5 heteroatoms. The van der Waals surface area contributed by atoms with Crippen LogP contribution >= 0.6 is 0 Å². The molecule has 1 fully saturated rings. The summed E-state index contributed by atoms with van der Waals surface area (Å²) in [6.45, 7) is 6.08. The van der Waals surface area contributed by atoms with E-state index in [9.17, 15) is 9.59 Å². The summed E-state index contributed by atoms with van der Waals surface area (Å²) in [5.74, 6) is -0.120. The fraction of sp³-hybridized carbons (Fsp3) is 0.833. The van der Waals surface area contributed by atoms with E-state index in [1.54, 1.807) is 6.92 Å². The van der Waals surface area contributed by atoms with E-state index in [-0.39, 0.29) is 17.7 Å². The normalized spacial score (nSPS) is 21.6. The first kappa shape index (κ1) is 14.0. The van der Waals surface area contributed by atoms with Gasteiger partial charge in [0.05, 0.1) is 5.92 Å². The molecule has 1 heterocycles. The number of carbonyl (C=O) groups excluding carboxylic acids is 2. The minimum absolute atomic E-state index is 0.00479. The van der Waals surface area contributed by atoms with Gasteiger partial charge in [0, 0.05) is 13.1 Å². The van der Waals surface area contributed by atoms with Crippen LogP contribution in [0.5, 0.6) is 0 Å². The molecule has 0 aromatic heterocycles. The Hall–Kier alpha value is -1.10. The SMILES string of the molecule is CCCNC(=O)C(C)NC(=O)[C@@H]1CCCNC1. The predicted molar refractivity (Wildman–Crippen MR) is 66.5 cm³/mol. The molecule has 0 aliphatic carbocycles. The number of hydrogen-bond acceptors (Lipinski definition) is 3. The van der Waals surface area contributed by atoms with Crippen LogP contribution in [0.1, 0.15) is 33.1 Å². The van der Waals surface area contributed by atoms with Crippen LogP contribution in [-0.4, -0.2) is 37.5 Å². The minimum atomic E-state index is -0.448. The summed E-state index contributed by atoms with van der Waals surface area (Å²) in [4.78, 5) is 23.4. The zero-order chi connectivity index (χ0) is 12.7. The van der Waals surface area contributed by atoms with Gasteiger partial charge in [-0.1, -0.05) is 6.92 Å². The van der Waals surface area contributed by atoms with Gasteiger partial charge in [-0.3, -0.25) is 9.59 Å². The Morgan fingerprint density at radius 2 is 2.24 bits per heavy atom. The third-order valence-corrected chi connectivity index (χ3v) is 2.97. The van der Waals surface area contributed by atoms with E-state index in [1.165, 1.54) is 0 Å². The zero-order valence-electron chi connectivity index (χ0n) is 10.7. The van der Waals surface area contributed by atoms with Crippen molar-refractivity contribution < 1.29 is 9.59 Å². The quantitative estimate of drug-likeness (QED) is 0.635. The highest BCUT2D eigenvalue weighted by Gasteiger charge is 2.23. The summed E-state index contributed by atoms with van der Waals surface area (Å²) in [6.07, 6.45) is 2.83. The summed E-state index contributed by atoms with van der Waals surface area (Å²) in [5.41, 5.74) is 0. The van der Waals surface area contributed by atoms with Gasteiger partial charge >= 0.3 is 0 Å². The summed E-state index contributed by atoms with van der Waals surface area (Å²) in [5, 5.41) is 8.73. The molecule has 1 unspecified atom stereocenters. The third kappa shape index (κ3) is 4.73. The average molecular weight is 241 g/mol. The monoisotopic (exact) mass is 241 g/mol. The zero-order valence-corrected chi connectivity index (χ0v) is 10.7. The van der Waals surface area contributed by atoms with E-state index >= 15 is 0 Å².